The lowest BCUT2D eigenvalue weighted by Gasteiger charge is -2.12. The van der Waals surface area contributed by atoms with E-state index in [2.05, 4.69) is 20.9 Å². The van der Waals surface area contributed by atoms with Crippen LogP contribution < -0.4 is 15.6 Å². The van der Waals surface area contributed by atoms with E-state index in [4.69, 9.17) is 4.74 Å². The van der Waals surface area contributed by atoms with Gasteiger partial charge in [-0.1, -0.05) is 30.3 Å². The number of carbonyl (C=O) groups excluding carboxylic acids is 2. The Kier molecular flexibility index (Phi) is 6.16. The number of benzene rings is 2. The maximum atomic E-state index is 12.6. The van der Waals surface area contributed by atoms with Gasteiger partial charge >= 0.3 is 0 Å². The van der Waals surface area contributed by atoms with Crippen LogP contribution in [0.5, 0.6) is 5.75 Å². The number of amides is 2. The molecule has 0 fully saturated rings. The SMILES string of the molecule is Cc1cc(C)n(CC(=O)NNC(=O)Cn2c(COc3ccccc3)nc3ccccc32)n1. The predicted octanol–water partition coefficient (Wildman–Crippen LogP) is 2.28. The summed E-state index contributed by atoms with van der Waals surface area (Å²) in [5.41, 5.74) is 8.18. The molecule has 4 rings (SSSR count). The number of hydrogen-bond donors (Lipinski definition) is 2. The molecule has 0 saturated heterocycles. The number of hydrazine groups is 1. The first-order chi connectivity index (χ1) is 15.5. The number of ether oxygens (including phenoxy) is 1. The van der Waals surface area contributed by atoms with Crippen LogP contribution in [0.25, 0.3) is 11.0 Å². The summed E-state index contributed by atoms with van der Waals surface area (Å²) in [6.07, 6.45) is 0. The van der Waals surface area contributed by atoms with Crippen molar-refractivity contribution in [3.63, 3.8) is 0 Å². The molecule has 0 aliphatic carbocycles. The fourth-order valence-corrected chi connectivity index (χ4v) is 3.41. The number of para-hydroxylation sites is 3. The Balaban J connectivity index is 1.41. The van der Waals surface area contributed by atoms with Gasteiger partial charge in [0.25, 0.3) is 11.8 Å². The third kappa shape index (κ3) is 4.94. The van der Waals surface area contributed by atoms with Crippen LogP contribution in [0.2, 0.25) is 0 Å². The fraction of sp³-hybridized carbons (Fsp3) is 0.217. The first kappa shape index (κ1) is 21.1. The monoisotopic (exact) mass is 432 g/mol. The van der Waals surface area contributed by atoms with Crippen molar-refractivity contribution in [2.45, 2.75) is 33.5 Å². The highest BCUT2D eigenvalue weighted by atomic mass is 16.5. The maximum Gasteiger partial charge on any atom is 0.260 e. The molecule has 0 atom stereocenters. The molecule has 2 N–H and O–H groups in total. The molecule has 164 valence electrons. The quantitative estimate of drug-likeness (QED) is 0.436. The van der Waals surface area contributed by atoms with Gasteiger partial charge in [-0.3, -0.25) is 25.1 Å². The Morgan fingerprint density at radius 1 is 0.938 bits per heavy atom. The second-order valence-electron chi connectivity index (χ2n) is 7.39. The van der Waals surface area contributed by atoms with Crippen LogP contribution in [0.1, 0.15) is 17.2 Å². The Hall–Kier alpha value is -4.14. The van der Waals surface area contributed by atoms with Crippen LogP contribution in [-0.2, 0) is 29.3 Å². The molecule has 4 aromatic rings. The fourth-order valence-electron chi connectivity index (χ4n) is 3.41. The van der Waals surface area contributed by atoms with E-state index in [0.29, 0.717) is 11.6 Å². The molecule has 2 aromatic heterocycles. The average Bonchev–Trinajstić information content (AvgIpc) is 3.30. The van der Waals surface area contributed by atoms with E-state index in [0.717, 1.165) is 22.4 Å². The van der Waals surface area contributed by atoms with Crippen LogP contribution in [0.15, 0.2) is 60.7 Å². The van der Waals surface area contributed by atoms with E-state index in [-0.39, 0.29) is 31.5 Å². The Morgan fingerprint density at radius 3 is 2.34 bits per heavy atom. The van der Waals surface area contributed by atoms with E-state index in [1.54, 1.807) is 9.25 Å². The molecule has 0 aliphatic heterocycles. The number of aromatic nitrogens is 4. The molecule has 9 nitrogen and oxygen atoms in total. The largest absolute Gasteiger partial charge is 0.486 e. The van der Waals surface area contributed by atoms with E-state index in [1.165, 1.54) is 0 Å². The predicted molar refractivity (Wildman–Crippen MR) is 118 cm³/mol. The van der Waals surface area contributed by atoms with Crippen molar-refractivity contribution in [2.75, 3.05) is 0 Å². The minimum absolute atomic E-state index is 0.0180. The van der Waals surface area contributed by atoms with Gasteiger partial charge in [0.05, 0.1) is 16.7 Å². The molecular weight excluding hydrogens is 408 g/mol. The van der Waals surface area contributed by atoms with Crippen molar-refractivity contribution >= 4 is 22.8 Å². The van der Waals surface area contributed by atoms with Gasteiger partial charge < -0.3 is 9.30 Å². The number of carbonyl (C=O) groups is 2. The molecule has 0 radical (unpaired) electrons. The molecule has 2 heterocycles. The second kappa shape index (κ2) is 9.34. The van der Waals surface area contributed by atoms with Crippen molar-refractivity contribution < 1.29 is 14.3 Å². The molecule has 9 heteroatoms. The highest BCUT2D eigenvalue weighted by Gasteiger charge is 2.15. The topological polar surface area (TPSA) is 103 Å². The lowest BCUT2D eigenvalue weighted by molar-refractivity contribution is -0.129. The van der Waals surface area contributed by atoms with Crippen LogP contribution >= 0.6 is 0 Å². The van der Waals surface area contributed by atoms with Crippen molar-refractivity contribution in [1.82, 2.24) is 30.2 Å². The zero-order chi connectivity index (χ0) is 22.5. The van der Waals surface area contributed by atoms with Gasteiger partial charge in [0, 0.05) is 5.69 Å². The van der Waals surface area contributed by atoms with Gasteiger partial charge in [-0.05, 0) is 44.2 Å². The summed E-state index contributed by atoms with van der Waals surface area (Å²) >= 11 is 0. The van der Waals surface area contributed by atoms with E-state index < -0.39 is 0 Å². The number of nitrogens with one attached hydrogen (secondary N) is 2. The summed E-state index contributed by atoms with van der Waals surface area (Å²) < 4.78 is 9.19. The molecule has 0 saturated carbocycles. The number of hydrogen-bond acceptors (Lipinski definition) is 5. The normalized spacial score (nSPS) is 10.8. The Morgan fingerprint density at radius 2 is 1.62 bits per heavy atom. The number of fused-ring (bicyclic) bond motifs is 1. The van der Waals surface area contributed by atoms with Crippen molar-refractivity contribution in [2.24, 2.45) is 0 Å². The summed E-state index contributed by atoms with van der Waals surface area (Å²) in [4.78, 5) is 29.4. The maximum absolute atomic E-state index is 12.6. The summed E-state index contributed by atoms with van der Waals surface area (Å²) in [5, 5.41) is 4.25. The summed E-state index contributed by atoms with van der Waals surface area (Å²) in [5.74, 6) is 0.578. The average molecular weight is 432 g/mol. The van der Waals surface area contributed by atoms with E-state index >= 15 is 0 Å². The standard InChI is InChI=1S/C23H24N6O3/c1-16-12-17(2)29(27-16)14-23(31)26-25-22(30)13-28-20-11-7-6-10-19(20)24-21(28)15-32-18-8-4-3-5-9-18/h3-12H,13-15H2,1-2H3,(H,25,30)(H,26,31). The Labute approximate surface area is 185 Å². The molecule has 2 aromatic carbocycles. The first-order valence-corrected chi connectivity index (χ1v) is 10.2. The Bertz CT molecular complexity index is 1250. The van der Waals surface area contributed by atoms with Gasteiger partial charge in [-0.15, -0.1) is 0 Å². The molecule has 0 aliphatic rings. The van der Waals surface area contributed by atoms with Gasteiger partial charge in [0.2, 0.25) is 0 Å². The lowest BCUT2D eigenvalue weighted by atomic mass is 10.3. The van der Waals surface area contributed by atoms with Gasteiger partial charge in [-0.25, -0.2) is 4.98 Å². The first-order valence-electron chi connectivity index (χ1n) is 10.2. The lowest BCUT2D eigenvalue weighted by Crippen LogP contribution is -2.44. The molecule has 32 heavy (non-hydrogen) atoms. The highest BCUT2D eigenvalue weighted by molar-refractivity contribution is 5.83. The van der Waals surface area contributed by atoms with Gasteiger partial charge in [-0.2, -0.15) is 5.10 Å². The molecule has 2 amide bonds. The van der Waals surface area contributed by atoms with Crippen molar-refractivity contribution in [1.29, 1.82) is 0 Å². The zero-order valence-electron chi connectivity index (χ0n) is 17.9. The number of imidazole rings is 1. The zero-order valence-corrected chi connectivity index (χ0v) is 17.9. The summed E-state index contributed by atoms with van der Waals surface area (Å²) in [6.45, 7) is 3.93. The van der Waals surface area contributed by atoms with Gasteiger partial charge in [0.15, 0.2) is 0 Å². The van der Waals surface area contributed by atoms with Crippen LogP contribution in [0.4, 0.5) is 0 Å². The summed E-state index contributed by atoms with van der Waals surface area (Å²) in [7, 11) is 0. The smallest absolute Gasteiger partial charge is 0.260 e. The van der Waals surface area contributed by atoms with Crippen LogP contribution in [0, 0.1) is 13.8 Å². The molecular formula is C23H24N6O3. The van der Waals surface area contributed by atoms with Crippen molar-refractivity contribution in [3.8, 4) is 5.75 Å². The third-order valence-electron chi connectivity index (χ3n) is 4.88. The third-order valence-corrected chi connectivity index (χ3v) is 4.88. The second-order valence-corrected chi connectivity index (χ2v) is 7.39. The van der Waals surface area contributed by atoms with Crippen LogP contribution in [0.3, 0.4) is 0 Å². The van der Waals surface area contributed by atoms with Gasteiger partial charge in [0.1, 0.15) is 31.3 Å². The molecule has 0 spiro atoms. The summed E-state index contributed by atoms with van der Waals surface area (Å²) in [6, 6.07) is 18.8. The highest BCUT2D eigenvalue weighted by Crippen LogP contribution is 2.18. The minimum Gasteiger partial charge on any atom is -0.486 e. The number of rotatable bonds is 7. The number of aryl methyl sites for hydroxylation is 2. The van der Waals surface area contributed by atoms with Crippen molar-refractivity contribution in [3.05, 3.63) is 77.9 Å². The molecule has 0 bridgehead atoms. The van der Waals surface area contributed by atoms with E-state index in [9.17, 15) is 9.59 Å². The molecule has 0 unspecified atom stereocenters. The van der Waals surface area contributed by atoms with Crippen LogP contribution in [-0.4, -0.2) is 31.1 Å². The van der Waals surface area contributed by atoms with E-state index in [1.807, 2.05) is 74.5 Å². The number of nitrogens with zero attached hydrogens (tertiary/aromatic N) is 4. The minimum atomic E-state index is -0.379.